The largest absolute Gasteiger partial charge is 0.383 e. The third-order valence-electron chi connectivity index (χ3n) is 2.85. The van der Waals surface area contributed by atoms with Gasteiger partial charge in [0.2, 0.25) is 5.91 Å². The van der Waals surface area contributed by atoms with Crippen molar-refractivity contribution in [2.24, 2.45) is 5.92 Å². The van der Waals surface area contributed by atoms with E-state index in [1.165, 1.54) is 0 Å². The number of alkyl halides is 1. The fourth-order valence-electron chi connectivity index (χ4n) is 1.98. The Morgan fingerprint density at radius 2 is 1.82 bits per heavy atom. The molecule has 0 aromatic rings. The van der Waals surface area contributed by atoms with Crippen LogP contribution in [0.3, 0.4) is 0 Å². The Bertz CT molecular complexity index is 194. The molecule has 0 atom stereocenters. The van der Waals surface area contributed by atoms with E-state index in [2.05, 4.69) is 13.8 Å². The van der Waals surface area contributed by atoms with Crippen molar-refractivity contribution >= 4 is 17.5 Å². The van der Waals surface area contributed by atoms with Crippen LogP contribution in [0.1, 0.15) is 39.5 Å². The summed E-state index contributed by atoms with van der Waals surface area (Å²) in [6.45, 7) is 6.08. The summed E-state index contributed by atoms with van der Waals surface area (Å²) in [6.07, 6.45) is 4.04. The second-order valence-corrected chi connectivity index (χ2v) is 4.66. The monoisotopic (exact) mass is 263 g/mol. The van der Waals surface area contributed by atoms with Crippen molar-refractivity contribution in [1.29, 1.82) is 0 Å². The van der Waals surface area contributed by atoms with E-state index >= 15 is 0 Å². The van der Waals surface area contributed by atoms with E-state index in [4.69, 9.17) is 16.3 Å². The van der Waals surface area contributed by atoms with Crippen molar-refractivity contribution in [1.82, 2.24) is 4.90 Å². The molecule has 0 bridgehead atoms. The Balaban J connectivity index is 4.40. The smallest absolute Gasteiger partial charge is 0.225 e. The molecule has 0 aliphatic heterocycles. The van der Waals surface area contributed by atoms with Gasteiger partial charge in [-0.1, -0.05) is 26.7 Å². The van der Waals surface area contributed by atoms with E-state index in [9.17, 15) is 4.79 Å². The molecule has 0 radical (unpaired) electrons. The first kappa shape index (κ1) is 16.7. The predicted octanol–water partition coefficient (Wildman–Crippen LogP) is 2.92. The number of hydrogen-bond donors (Lipinski definition) is 0. The van der Waals surface area contributed by atoms with Gasteiger partial charge < -0.3 is 9.64 Å². The Hall–Kier alpha value is -0.280. The second kappa shape index (κ2) is 10.8. The molecule has 0 fully saturated rings. The number of carbonyl (C=O) groups is 1. The number of amides is 1. The standard InChI is InChI=1S/C13H26ClNO2/c1-4-6-12(7-5-2)13(16)15(9-8-14)10-11-17-3/h12H,4-11H2,1-3H3. The van der Waals surface area contributed by atoms with Crippen molar-refractivity contribution in [2.45, 2.75) is 39.5 Å². The maximum atomic E-state index is 12.3. The SMILES string of the molecule is CCCC(CCC)C(=O)N(CCCl)CCOC. The summed E-state index contributed by atoms with van der Waals surface area (Å²) < 4.78 is 5.03. The van der Waals surface area contributed by atoms with Crippen molar-refractivity contribution in [3.8, 4) is 0 Å². The number of carbonyl (C=O) groups excluding carboxylic acids is 1. The van der Waals surface area contributed by atoms with Gasteiger partial charge in [-0.25, -0.2) is 0 Å². The number of rotatable bonds is 10. The van der Waals surface area contributed by atoms with Gasteiger partial charge in [-0.15, -0.1) is 11.6 Å². The van der Waals surface area contributed by atoms with Crippen LogP contribution in [0.5, 0.6) is 0 Å². The van der Waals surface area contributed by atoms with E-state index in [1.54, 1.807) is 7.11 Å². The lowest BCUT2D eigenvalue weighted by molar-refractivity contribution is -0.136. The third kappa shape index (κ3) is 6.89. The fraction of sp³-hybridized carbons (Fsp3) is 0.923. The van der Waals surface area contributed by atoms with Gasteiger partial charge in [0, 0.05) is 32.0 Å². The van der Waals surface area contributed by atoms with Crippen LogP contribution in [-0.4, -0.2) is 43.5 Å². The van der Waals surface area contributed by atoms with Gasteiger partial charge in [-0.05, 0) is 12.8 Å². The zero-order valence-corrected chi connectivity index (χ0v) is 12.1. The first-order valence-corrected chi connectivity index (χ1v) is 7.08. The summed E-state index contributed by atoms with van der Waals surface area (Å²) in [5.74, 6) is 0.886. The molecular formula is C13H26ClNO2. The molecule has 0 unspecified atom stereocenters. The lowest BCUT2D eigenvalue weighted by Gasteiger charge is -2.26. The number of halogens is 1. The molecule has 0 aromatic carbocycles. The first-order chi connectivity index (χ1) is 8.21. The molecule has 0 saturated heterocycles. The molecule has 17 heavy (non-hydrogen) atoms. The van der Waals surface area contributed by atoms with Crippen molar-refractivity contribution < 1.29 is 9.53 Å². The van der Waals surface area contributed by atoms with E-state index in [0.29, 0.717) is 25.6 Å². The summed E-state index contributed by atoms with van der Waals surface area (Å²) >= 11 is 5.74. The molecule has 3 nitrogen and oxygen atoms in total. The van der Waals surface area contributed by atoms with Gasteiger partial charge in [0.15, 0.2) is 0 Å². The molecule has 0 aliphatic rings. The zero-order valence-electron chi connectivity index (χ0n) is 11.4. The Labute approximate surface area is 110 Å². The van der Waals surface area contributed by atoms with Gasteiger partial charge in [0.25, 0.3) is 0 Å². The van der Waals surface area contributed by atoms with Crippen LogP contribution in [-0.2, 0) is 9.53 Å². The molecule has 0 aliphatic carbocycles. The highest BCUT2D eigenvalue weighted by atomic mass is 35.5. The third-order valence-corrected chi connectivity index (χ3v) is 3.02. The molecule has 102 valence electrons. The van der Waals surface area contributed by atoms with Crippen molar-refractivity contribution in [3.05, 3.63) is 0 Å². The van der Waals surface area contributed by atoms with Gasteiger partial charge in [-0.3, -0.25) is 4.79 Å². The van der Waals surface area contributed by atoms with Crippen LogP contribution >= 0.6 is 11.6 Å². The highest BCUT2D eigenvalue weighted by Gasteiger charge is 2.22. The van der Waals surface area contributed by atoms with E-state index in [-0.39, 0.29) is 11.8 Å². The molecular weight excluding hydrogens is 238 g/mol. The molecule has 0 spiro atoms. The van der Waals surface area contributed by atoms with Gasteiger partial charge in [-0.2, -0.15) is 0 Å². The van der Waals surface area contributed by atoms with Crippen LogP contribution in [0.25, 0.3) is 0 Å². The first-order valence-electron chi connectivity index (χ1n) is 6.54. The Kier molecular flexibility index (Phi) is 10.7. The van der Waals surface area contributed by atoms with E-state index in [1.807, 2.05) is 4.90 Å². The van der Waals surface area contributed by atoms with Gasteiger partial charge in [0.05, 0.1) is 6.61 Å². The molecule has 0 saturated carbocycles. The molecule has 4 heteroatoms. The minimum atomic E-state index is 0.157. The number of methoxy groups -OCH3 is 1. The number of hydrogen-bond acceptors (Lipinski definition) is 2. The summed E-state index contributed by atoms with van der Waals surface area (Å²) in [7, 11) is 1.65. The minimum Gasteiger partial charge on any atom is -0.383 e. The molecule has 0 N–H and O–H groups in total. The average Bonchev–Trinajstić information content (AvgIpc) is 2.33. The van der Waals surface area contributed by atoms with Crippen molar-refractivity contribution in [3.63, 3.8) is 0 Å². The topological polar surface area (TPSA) is 29.5 Å². The maximum Gasteiger partial charge on any atom is 0.225 e. The minimum absolute atomic E-state index is 0.157. The molecule has 0 heterocycles. The Morgan fingerprint density at radius 3 is 2.24 bits per heavy atom. The summed E-state index contributed by atoms with van der Waals surface area (Å²) in [4.78, 5) is 14.2. The highest BCUT2D eigenvalue weighted by Crippen LogP contribution is 2.16. The maximum absolute atomic E-state index is 12.3. The van der Waals surface area contributed by atoms with Crippen molar-refractivity contribution in [2.75, 3.05) is 32.7 Å². The van der Waals surface area contributed by atoms with E-state index in [0.717, 1.165) is 25.7 Å². The molecule has 0 rings (SSSR count). The summed E-state index contributed by atoms with van der Waals surface area (Å²) in [5, 5.41) is 0. The lowest BCUT2D eigenvalue weighted by atomic mass is 9.96. The van der Waals surface area contributed by atoms with Crippen LogP contribution in [0, 0.1) is 5.92 Å². The summed E-state index contributed by atoms with van der Waals surface area (Å²) in [5.41, 5.74) is 0. The Morgan fingerprint density at radius 1 is 1.24 bits per heavy atom. The van der Waals surface area contributed by atoms with Gasteiger partial charge in [0.1, 0.15) is 0 Å². The van der Waals surface area contributed by atoms with Crippen LogP contribution in [0.15, 0.2) is 0 Å². The van der Waals surface area contributed by atoms with Crippen LogP contribution in [0.4, 0.5) is 0 Å². The predicted molar refractivity (Wildman–Crippen MR) is 72.5 cm³/mol. The zero-order chi connectivity index (χ0) is 13.1. The molecule has 0 aromatic heterocycles. The van der Waals surface area contributed by atoms with E-state index < -0.39 is 0 Å². The van der Waals surface area contributed by atoms with Crippen LogP contribution < -0.4 is 0 Å². The lowest BCUT2D eigenvalue weighted by Crippen LogP contribution is -2.39. The number of nitrogens with zero attached hydrogens (tertiary/aromatic N) is 1. The summed E-state index contributed by atoms with van der Waals surface area (Å²) in [6, 6.07) is 0. The molecule has 1 amide bonds. The second-order valence-electron chi connectivity index (χ2n) is 4.28. The highest BCUT2D eigenvalue weighted by molar-refractivity contribution is 6.18. The quantitative estimate of drug-likeness (QED) is 0.567. The average molecular weight is 264 g/mol. The van der Waals surface area contributed by atoms with Gasteiger partial charge >= 0.3 is 0 Å². The van der Waals surface area contributed by atoms with Crippen LogP contribution in [0.2, 0.25) is 0 Å². The fourth-order valence-corrected chi connectivity index (χ4v) is 2.19. The number of ether oxygens (including phenoxy) is 1. The normalized spacial score (nSPS) is 10.9.